The molecule has 13 nitrogen and oxygen atoms in total. The Bertz CT molecular complexity index is 3360. The maximum Gasteiger partial charge on any atom is 0.339 e. The van der Waals surface area contributed by atoms with Crippen LogP contribution in [0.4, 0.5) is 0 Å². The van der Waals surface area contributed by atoms with Crippen LogP contribution in [0.3, 0.4) is 0 Å². The topological polar surface area (TPSA) is 181 Å². The molecule has 6 spiro atoms. The summed E-state index contributed by atoms with van der Waals surface area (Å²) in [6, 6.07) is 13.3. The Balaban J connectivity index is 0.809. The first-order chi connectivity index (χ1) is 42.2. The first kappa shape index (κ1) is 53.8. The van der Waals surface area contributed by atoms with Gasteiger partial charge in [0.2, 0.25) is 0 Å². The van der Waals surface area contributed by atoms with E-state index in [9.17, 15) is 15.3 Å². The predicted molar refractivity (Wildman–Crippen MR) is 317 cm³/mol. The fourth-order valence-corrected chi connectivity index (χ4v) is 30.7. The number of esters is 2. The van der Waals surface area contributed by atoms with E-state index in [0.29, 0.717) is 54.7 Å². The molecule has 464 valence electrons. The Hall–Kier alpha value is -3.85. The number of fused-ring (bicyclic) bond motifs is 6. The summed E-state index contributed by atoms with van der Waals surface area (Å²) in [7, 11) is 0. The third kappa shape index (κ3) is 5.82. The molecule has 1 aromatic carbocycles. The Morgan fingerprint density at radius 2 is 1.70 bits per heavy atom. The van der Waals surface area contributed by atoms with Crippen LogP contribution in [0.5, 0.6) is 0 Å². The molecule has 2 aromatic rings. The molecule has 5 saturated heterocycles. The summed E-state index contributed by atoms with van der Waals surface area (Å²) in [5.74, 6) is 0.918. The van der Waals surface area contributed by atoms with Crippen molar-refractivity contribution in [1.29, 1.82) is 0 Å². The zero-order valence-corrected chi connectivity index (χ0v) is 51.3. The molecule has 13 heteroatoms. The third-order valence-electron chi connectivity index (χ3n) is 32.2. The van der Waals surface area contributed by atoms with Gasteiger partial charge in [0.1, 0.15) is 35.8 Å². The van der Waals surface area contributed by atoms with Crippen molar-refractivity contribution in [2.24, 2.45) is 121 Å². The van der Waals surface area contributed by atoms with E-state index in [-0.39, 0.29) is 83.1 Å². The molecule has 0 amide bonds. The highest BCUT2D eigenvalue weighted by molar-refractivity contribution is 5.94. The number of aliphatic hydroxyl groups excluding tert-OH is 3. The minimum absolute atomic E-state index is 0.0629. The molecular weight excluding hydrogens is 1090 g/mol. The SMILES string of the molecule is C[C@@]12C[C@@H]3[C@H]4C[C@@H]5CC[C@@H]6CCC[C@]67CC[C@@]6(CC[C@@H]8CC9=CC[C@]%10(C)O[C@]9%11[C@@H](C(=O)OC[C@]%119[C@@H]3[C@@]([C@H]3CCC[C@H](Cc%11ccccc%11)C3)([C@H](O)C(=O)[C@@H]9%10)[C@]13O[C@@H]3C(=O)O[C@H]2c1ccoc1C[C@@H]([C@H]1CC[C@H]2[C@H](C=CN3CNC[C@@H]23)C1)[C@H](O)CO)[C@]846)[C@H]57. The molecule has 4 N–H and O–H groups in total. The van der Waals surface area contributed by atoms with Gasteiger partial charge in [-0.2, -0.15) is 0 Å². The van der Waals surface area contributed by atoms with Crippen LogP contribution in [0.15, 0.2) is 71.0 Å². The zero-order chi connectivity index (χ0) is 58.4. The summed E-state index contributed by atoms with van der Waals surface area (Å²) in [6.45, 7) is 6.07. The third-order valence-corrected chi connectivity index (χ3v) is 32.2. The van der Waals surface area contributed by atoms with Gasteiger partial charge in [-0.3, -0.25) is 14.9 Å². The predicted octanol–water partition coefficient (Wildman–Crippen LogP) is 10.00. The Kier molecular flexibility index (Phi) is 10.8. The number of nitrogens with one attached hydrogen (secondary N) is 1. The summed E-state index contributed by atoms with van der Waals surface area (Å²) in [5, 5.41) is 41.5. The molecule has 18 aliphatic rings. The van der Waals surface area contributed by atoms with E-state index in [4.69, 9.17) is 23.4 Å². The van der Waals surface area contributed by atoms with Crippen LogP contribution in [0.25, 0.3) is 0 Å². The number of ether oxygens (including phenoxy) is 4. The number of ketones is 1. The van der Waals surface area contributed by atoms with E-state index >= 15 is 14.4 Å². The quantitative estimate of drug-likeness (QED) is 0.106. The number of allylic oxidation sites excluding steroid dienone is 1. The number of furan rings is 1. The van der Waals surface area contributed by atoms with E-state index in [2.05, 4.69) is 72.7 Å². The number of carbonyl (C=O) groups is 3. The van der Waals surface area contributed by atoms with Crippen LogP contribution in [-0.4, -0.2) is 106 Å². The van der Waals surface area contributed by atoms with Gasteiger partial charge in [-0.1, -0.05) is 68.7 Å². The van der Waals surface area contributed by atoms with Crippen molar-refractivity contribution in [1.82, 2.24) is 10.2 Å². The Labute approximate surface area is 512 Å². The van der Waals surface area contributed by atoms with Crippen molar-refractivity contribution in [3.8, 4) is 0 Å². The fraction of sp³-hybridized carbons (Fsp3) is 0.770. The van der Waals surface area contributed by atoms with Crippen LogP contribution in [0.2, 0.25) is 0 Å². The molecule has 16 fully saturated rings. The van der Waals surface area contributed by atoms with E-state index < -0.39 is 80.7 Å². The number of hydrogen-bond acceptors (Lipinski definition) is 13. The van der Waals surface area contributed by atoms with Crippen molar-refractivity contribution >= 4 is 17.7 Å². The minimum Gasteiger partial charge on any atom is -0.469 e. The van der Waals surface area contributed by atoms with Gasteiger partial charge in [-0.25, -0.2) is 4.79 Å². The summed E-state index contributed by atoms with van der Waals surface area (Å²) in [5.41, 5.74) is -3.76. The summed E-state index contributed by atoms with van der Waals surface area (Å²) in [4.78, 5) is 52.1. The van der Waals surface area contributed by atoms with Crippen LogP contribution in [-0.2, 0) is 46.2 Å². The molecule has 11 aliphatic carbocycles. The van der Waals surface area contributed by atoms with E-state index in [1.807, 2.05) is 6.07 Å². The molecule has 0 radical (unpaired) electrons. The van der Waals surface area contributed by atoms with Crippen molar-refractivity contribution in [3.05, 3.63) is 83.5 Å². The number of aliphatic hydroxyl groups is 3. The number of hydrogen-bond donors (Lipinski definition) is 4. The number of nitrogens with zero attached hydrogens (tertiary/aromatic N) is 1. The van der Waals surface area contributed by atoms with E-state index in [1.165, 1.54) is 49.7 Å². The lowest BCUT2D eigenvalue weighted by atomic mass is 9.29. The van der Waals surface area contributed by atoms with E-state index in [1.54, 1.807) is 6.26 Å². The molecule has 8 heterocycles. The zero-order valence-electron chi connectivity index (χ0n) is 51.3. The summed E-state index contributed by atoms with van der Waals surface area (Å²) >= 11 is 0. The maximum absolute atomic E-state index is 17.3. The van der Waals surface area contributed by atoms with Crippen LogP contribution in [0, 0.1) is 121 Å². The summed E-state index contributed by atoms with van der Waals surface area (Å²) < 4.78 is 37.3. The van der Waals surface area contributed by atoms with Crippen LogP contribution in [0.1, 0.15) is 165 Å². The highest BCUT2D eigenvalue weighted by atomic mass is 16.7. The molecule has 5 bridgehead atoms. The molecule has 1 aromatic heterocycles. The van der Waals surface area contributed by atoms with Crippen molar-refractivity contribution in [2.75, 3.05) is 26.4 Å². The second-order valence-electron chi connectivity index (χ2n) is 33.9. The number of rotatable bonds is 9. The average molecular weight is 1190 g/mol. The highest BCUT2D eigenvalue weighted by Crippen LogP contribution is 2.95. The van der Waals surface area contributed by atoms with Gasteiger partial charge in [-0.15, -0.1) is 0 Å². The van der Waals surface area contributed by atoms with Crippen LogP contribution < -0.4 is 5.32 Å². The molecule has 0 unspecified atom stereocenters. The normalized spacial score (nSPS) is 55.6. The van der Waals surface area contributed by atoms with Gasteiger partial charge in [0, 0.05) is 35.4 Å². The van der Waals surface area contributed by atoms with Crippen LogP contribution >= 0.6 is 0 Å². The van der Waals surface area contributed by atoms with Crippen molar-refractivity contribution in [3.63, 3.8) is 0 Å². The Morgan fingerprint density at radius 3 is 2.57 bits per heavy atom. The molecule has 29 atom stereocenters. The minimum atomic E-state index is -1.49. The molecule has 11 saturated carbocycles. The highest BCUT2D eigenvalue weighted by Gasteiger charge is 3.00. The number of carbonyl (C=O) groups excluding carboxylic acids is 3. The van der Waals surface area contributed by atoms with Gasteiger partial charge in [0.05, 0.1) is 48.5 Å². The van der Waals surface area contributed by atoms with Crippen molar-refractivity contribution < 1.29 is 53.1 Å². The molecule has 87 heavy (non-hydrogen) atoms. The van der Waals surface area contributed by atoms with Gasteiger partial charge >= 0.3 is 11.9 Å². The van der Waals surface area contributed by atoms with Gasteiger partial charge in [-0.05, 0) is 239 Å². The van der Waals surface area contributed by atoms with Gasteiger partial charge < -0.3 is 43.6 Å². The summed E-state index contributed by atoms with van der Waals surface area (Å²) in [6.07, 6.45) is 26.2. The Morgan fingerprint density at radius 1 is 0.828 bits per heavy atom. The van der Waals surface area contributed by atoms with Crippen molar-refractivity contribution in [2.45, 2.75) is 202 Å². The lowest BCUT2D eigenvalue weighted by molar-refractivity contribution is -0.302. The second kappa shape index (κ2) is 17.4. The number of epoxide rings is 1. The average Bonchev–Trinajstić information content (AvgIpc) is 1.43. The first-order valence-electron chi connectivity index (χ1n) is 35.4. The molecule has 7 aliphatic heterocycles. The lowest BCUT2D eigenvalue weighted by Crippen LogP contribution is -2.82. The number of benzene rings is 1. The fourth-order valence-electron chi connectivity index (χ4n) is 30.7. The number of Topliss-reactive ketones (excluding diaryl/α,β-unsaturated/α-hetero) is 1. The smallest absolute Gasteiger partial charge is 0.339 e. The van der Waals surface area contributed by atoms with Gasteiger partial charge in [0.25, 0.3) is 0 Å². The largest absolute Gasteiger partial charge is 0.469 e. The van der Waals surface area contributed by atoms with E-state index in [0.717, 1.165) is 108 Å². The lowest BCUT2D eigenvalue weighted by Gasteiger charge is -2.73. The maximum atomic E-state index is 17.3. The second-order valence-corrected chi connectivity index (χ2v) is 33.9. The monoisotopic (exact) mass is 1180 g/mol. The standard InChI is InChI=1S/C74H92N2O11/c1-66-34-51-52-31-43-13-15-44-12-7-21-68(44)24-25-69(57(43)68)23-18-46-32-47-17-22-67(2)59-56(79)61(80)72(45-11-6-10-40(29-45)28-39-8-4-3-5-9-39,58(51)70(59)37-84-64(81)60(71(46,52)69)73(47,70)87-67)74(66)63(86-74)65(82)85-62(66)49-20-27-83-55(49)33-50(54(78)36-77)41-14-16-48-42(30-41)19-26-76-38-75-35-53(48)76/h3-5,8-9,17,19-20,26-27,40-46,48,50-54,57-63,75,77-78,80H,6-7,10-16,18,21-25,28-38H2,1-2H3/t40-,41+,42-,43+,44+,45+,46-,48+,50+,51-,52-,53+,54-,57-,58-,59-,60+,61-,62+,63-,66+,67+,68+,69+,70-,71+,72+,73+,74-/m1/s1. The first-order valence-corrected chi connectivity index (χ1v) is 35.4. The molecular formula is C74H92N2O11. The van der Waals surface area contributed by atoms with Gasteiger partial charge in [0.15, 0.2) is 11.9 Å². The molecule has 20 rings (SSSR count). The number of cyclic esters (lactones) is 2.